The molecule has 4 saturated heterocycles. The Labute approximate surface area is 260 Å². The largest absolute Gasteiger partial charge is 0.508 e. The van der Waals surface area contributed by atoms with Crippen molar-refractivity contribution in [2.24, 2.45) is 0 Å². The Kier molecular flexibility index (Phi) is 6.53. The van der Waals surface area contributed by atoms with Gasteiger partial charge in [0.05, 0.1) is 11.4 Å². The summed E-state index contributed by atoms with van der Waals surface area (Å²) in [6.45, 7) is 2.59. The van der Waals surface area contributed by atoms with Gasteiger partial charge in [-0.25, -0.2) is 13.8 Å². The lowest BCUT2D eigenvalue weighted by atomic mass is 9.92. The average molecular weight is 603 g/mol. The van der Waals surface area contributed by atoms with Crippen LogP contribution in [0.2, 0.25) is 0 Å². The minimum absolute atomic E-state index is 0.0150. The summed E-state index contributed by atoms with van der Waals surface area (Å²) in [5, 5.41) is 26.5. The number of fused-ring (bicyclic) bond motifs is 5. The molecule has 4 aliphatic heterocycles. The number of nitriles is 1. The first-order valence-corrected chi connectivity index (χ1v) is 15.6. The zero-order chi connectivity index (χ0) is 30.9. The fourth-order valence-corrected chi connectivity index (χ4v) is 8.28. The molecule has 4 atom stereocenters. The molecule has 8 rings (SSSR count). The Morgan fingerprint density at radius 3 is 2.78 bits per heavy atom. The number of rotatable bonds is 4. The number of terminal acetylenes is 1. The Balaban J connectivity index is 1.36. The maximum atomic E-state index is 16.9. The monoisotopic (exact) mass is 602 g/mol. The number of anilines is 1. The van der Waals surface area contributed by atoms with Crippen LogP contribution in [0.25, 0.3) is 39.0 Å². The van der Waals surface area contributed by atoms with Crippen molar-refractivity contribution >= 4 is 33.4 Å². The van der Waals surface area contributed by atoms with E-state index in [-0.39, 0.29) is 29.0 Å². The summed E-state index contributed by atoms with van der Waals surface area (Å²) < 4.78 is 31.5. The van der Waals surface area contributed by atoms with E-state index in [2.05, 4.69) is 32.1 Å². The summed E-state index contributed by atoms with van der Waals surface area (Å²) in [6.07, 6.45) is 14.6. The molecule has 0 saturated carbocycles. The fourth-order valence-electron chi connectivity index (χ4n) is 8.28. The molecular formula is C36H32F2N6O. The first kappa shape index (κ1) is 27.9. The van der Waals surface area contributed by atoms with E-state index in [9.17, 15) is 14.8 Å². The highest BCUT2D eigenvalue weighted by atomic mass is 19.1. The van der Waals surface area contributed by atoms with E-state index in [0.29, 0.717) is 70.3 Å². The first-order valence-electron chi connectivity index (χ1n) is 15.6. The summed E-state index contributed by atoms with van der Waals surface area (Å²) in [4.78, 5) is 13.7. The highest BCUT2D eigenvalue weighted by Crippen LogP contribution is 2.43. The van der Waals surface area contributed by atoms with Gasteiger partial charge in [0.2, 0.25) is 0 Å². The van der Waals surface area contributed by atoms with E-state index in [1.807, 2.05) is 12.1 Å². The number of nitrogens with one attached hydrogen (secondary N) is 1. The Hall–Kier alpha value is -4.57. The summed E-state index contributed by atoms with van der Waals surface area (Å²) in [5.41, 5.74) is 1.94. The Bertz CT molecular complexity index is 1980. The van der Waals surface area contributed by atoms with Crippen LogP contribution in [0.5, 0.6) is 5.75 Å². The number of hydrogen-bond acceptors (Lipinski definition) is 7. The van der Waals surface area contributed by atoms with Crippen LogP contribution in [0.1, 0.15) is 48.9 Å². The molecule has 6 heterocycles. The van der Waals surface area contributed by atoms with Crippen LogP contribution >= 0.6 is 0 Å². The predicted octanol–water partition coefficient (Wildman–Crippen LogP) is 5.68. The van der Waals surface area contributed by atoms with Crippen molar-refractivity contribution in [2.75, 3.05) is 31.1 Å². The van der Waals surface area contributed by atoms with Gasteiger partial charge in [0.1, 0.15) is 34.8 Å². The number of benzene rings is 2. The zero-order valence-electron chi connectivity index (χ0n) is 24.7. The summed E-state index contributed by atoms with van der Waals surface area (Å²) in [5.74, 6) is 1.98. The quantitative estimate of drug-likeness (QED) is 0.291. The third kappa shape index (κ3) is 4.45. The van der Waals surface area contributed by atoms with Gasteiger partial charge in [0, 0.05) is 71.8 Å². The molecule has 45 heavy (non-hydrogen) atoms. The Morgan fingerprint density at radius 2 is 2.00 bits per heavy atom. The van der Waals surface area contributed by atoms with Crippen LogP contribution in [-0.4, -0.2) is 69.9 Å². The van der Waals surface area contributed by atoms with Crippen molar-refractivity contribution in [2.45, 2.75) is 55.9 Å². The van der Waals surface area contributed by atoms with Gasteiger partial charge in [-0.05, 0) is 61.9 Å². The summed E-state index contributed by atoms with van der Waals surface area (Å²) >= 11 is 0. The van der Waals surface area contributed by atoms with Crippen LogP contribution in [0.15, 0.2) is 42.6 Å². The molecule has 0 amide bonds. The second-order valence-corrected chi connectivity index (χ2v) is 12.9. The number of aromatic nitrogens is 2. The third-order valence-corrected chi connectivity index (χ3v) is 10.2. The van der Waals surface area contributed by atoms with Gasteiger partial charge in [0.25, 0.3) is 0 Å². The van der Waals surface area contributed by atoms with E-state index in [0.717, 1.165) is 32.2 Å². The number of pyridine rings is 2. The van der Waals surface area contributed by atoms with Gasteiger partial charge in [0.15, 0.2) is 5.82 Å². The number of alkyl halides is 1. The molecule has 0 spiro atoms. The van der Waals surface area contributed by atoms with Crippen LogP contribution in [0.4, 0.5) is 14.5 Å². The number of piperazine rings is 1. The normalized spacial score (nSPS) is 26.1. The van der Waals surface area contributed by atoms with Gasteiger partial charge in [-0.15, -0.1) is 6.42 Å². The second kappa shape index (κ2) is 10.5. The minimum atomic E-state index is -0.905. The maximum absolute atomic E-state index is 16.9. The van der Waals surface area contributed by atoms with Gasteiger partial charge < -0.3 is 15.3 Å². The smallest absolute Gasteiger partial charge is 0.175 e. The van der Waals surface area contributed by atoms with Crippen LogP contribution in [0.3, 0.4) is 0 Å². The van der Waals surface area contributed by atoms with E-state index in [4.69, 9.17) is 11.4 Å². The van der Waals surface area contributed by atoms with Crippen molar-refractivity contribution < 1.29 is 13.9 Å². The molecule has 4 fully saturated rings. The van der Waals surface area contributed by atoms with E-state index in [1.54, 1.807) is 30.5 Å². The van der Waals surface area contributed by atoms with Crippen LogP contribution in [-0.2, 0) is 0 Å². The number of halogens is 2. The molecule has 4 aliphatic rings. The fraction of sp³-hybridized carbons (Fsp3) is 0.361. The van der Waals surface area contributed by atoms with E-state index in [1.165, 1.54) is 6.07 Å². The summed E-state index contributed by atoms with van der Waals surface area (Å²) in [7, 11) is 0. The van der Waals surface area contributed by atoms with E-state index < -0.39 is 17.5 Å². The molecule has 2 aromatic carbocycles. The maximum Gasteiger partial charge on any atom is 0.175 e. The molecular weight excluding hydrogens is 570 g/mol. The number of hydrogen-bond donors (Lipinski definition) is 2. The molecule has 2 bridgehead atoms. The van der Waals surface area contributed by atoms with Crippen molar-refractivity contribution in [1.29, 1.82) is 5.26 Å². The SMILES string of the molecule is C#Cc1cccc2cc(O)cc(-c3ncc4c(N5CC6CCC(C5)N6)c(C#N)c(/C=C/[C@@]56CCCN5C[C@H](F)C6)nc4c3F)c12. The molecule has 2 N–H and O–H groups in total. The molecule has 7 nitrogen and oxygen atoms in total. The van der Waals surface area contributed by atoms with Crippen LogP contribution < -0.4 is 10.2 Å². The molecule has 2 aromatic heterocycles. The van der Waals surface area contributed by atoms with Gasteiger partial charge in [-0.3, -0.25) is 9.88 Å². The van der Waals surface area contributed by atoms with Gasteiger partial charge in [-0.1, -0.05) is 24.1 Å². The first-order chi connectivity index (χ1) is 21.9. The highest BCUT2D eigenvalue weighted by Gasteiger charge is 2.47. The number of aromatic hydroxyl groups is 1. The number of nitrogens with zero attached hydrogens (tertiary/aromatic N) is 5. The molecule has 0 aliphatic carbocycles. The molecule has 226 valence electrons. The van der Waals surface area contributed by atoms with Crippen LogP contribution in [0, 0.1) is 29.5 Å². The van der Waals surface area contributed by atoms with Crippen molar-refractivity contribution in [1.82, 2.24) is 20.2 Å². The standard InChI is InChI=1S/C36H32F2N6O/c1-2-21-5-3-6-22-13-26(45)14-27(31(21)22)33-32(38)34-29(17-40-33)35(43-19-24-7-8-25(20-43)41-24)28(16-39)30(42-34)9-11-36-10-4-12-44(36)18-23(37)15-36/h1,3,5-6,9,11,13-14,17,23-25,41,45H,4,7-8,10,12,15,18-20H2/b11-9+/t23-,24?,25?,36-/m1/s1. The third-order valence-electron chi connectivity index (χ3n) is 10.2. The predicted molar refractivity (Wildman–Crippen MR) is 171 cm³/mol. The van der Waals surface area contributed by atoms with Gasteiger partial charge in [-0.2, -0.15) is 5.26 Å². The molecule has 4 aromatic rings. The lowest BCUT2D eigenvalue weighted by Gasteiger charge is -2.36. The molecule has 9 heteroatoms. The second-order valence-electron chi connectivity index (χ2n) is 12.9. The molecule has 0 radical (unpaired) electrons. The van der Waals surface area contributed by atoms with Crippen molar-refractivity contribution in [3.8, 4) is 35.4 Å². The number of phenols is 1. The average Bonchev–Trinajstić information content (AvgIpc) is 3.68. The lowest BCUT2D eigenvalue weighted by Crippen LogP contribution is -2.51. The topological polar surface area (TPSA) is 88.3 Å². The number of phenolic OH excluding ortho intramolecular Hbond substituents is 1. The lowest BCUT2D eigenvalue weighted by molar-refractivity contribution is 0.247. The van der Waals surface area contributed by atoms with Gasteiger partial charge >= 0.3 is 0 Å². The Morgan fingerprint density at radius 1 is 1.18 bits per heavy atom. The summed E-state index contributed by atoms with van der Waals surface area (Å²) in [6, 6.07) is 11.4. The molecule has 2 unspecified atom stereocenters. The minimum Gasteiger partial charge on any atom is -0.508 e. The zero-order valence-corrected chi connectivity index (χ0v) is 24.7. The van der Waals surface area contributed by atoms with Crippen molar-refractivity contribution in [3.05, 3.63) is 65.2 Å². The highest BCUT2D eigenvalue weighted by molar-refractivity contribution is 6.04. The van der Waals surface area contributed by atoms with E-state index >= 15 is 4.39 Å². The van der Waals surface area contributed by atoms with Crippen molar-refractivity contribution in [3.63, 3.8) is 0 Å².